The third-order valence-corrected chi connectivity index (χ3v) is 3.84. The van der Waals surface area contributed by atoms with Crippen LogP contribution in [-0.4, -0.2) is 28.9 Å². The zero-order valence-corrected chi connectivity index (χ0v) is 11.0. The van der Waals surface area contributed by atoms with Gasteiger partial charge >= 0.3 is 0 Å². The molecule has 2 rings (SSSR count). The number of hydrogen-bond acceptors (Lipinski definition) is 4. The quantitative estimate of drug-likeness (QED) is 0.860. The summed E-state index contributed by atoms with van der Waals surface area (Å²) in [4.78, 5) is 18.8. The van der Waals surface area contributed by atoms with Gasteiger partial charge in [-0.15, -0.1) is 17.9 Å². The molecule has 0 radical (unpaired) electrons. The fourth-order valence-corrected chi connectivity index (χ4v) is 2.81. The molecule has 0 saturated heterocycles. The van der Waals surface area contributed by atoms with E-state index < -0.39 is 0 Å². The van der Waals surface area contributed by atoms with Gasteiger partial charge < -0.3 is 10.6 Å². The van der Waals surface area contributed by atoms with Crippen LogP contribution >= 0.6 is 11.3 Å². The van der Waals surface area contributed by atoms with E-state index in [1.165, 1.54) is 11.3 Å². The number of thiophene rings is 1. The minimum Gasteiger partial charge on any atom is -0.396 e. The van der Waals surface area contributed by atoms with Crippen LogP contribution in [-0.2, 0) is 0 Å². The van der Waals surface area contributed by atoms with Crippen molar-refractivity contribution in [2.24, 2.45) is 0 Å². The van der Waals surface area contributed by atoms with E-state index in [2.05, 4.69) is 11.6 Å². The molecule has 2 aromatic heterocycles. The largest absolute Gasteiger partial charge is 0.396 e. The van der Waals surface area contributed by atoms with Crippen molar-refractivity contribution < 1.29 is 4.79 Å². The van der Waals surface area contributed by atoms with Crippen molar-refractivity contribution in [3.63, 3.8) is 0 Å². The van der Waals surface area contributed by atoms with Gasteiger partial charge in [0.15, 0.2) is 0 Å². The van der Waals surface area contributed by atoms with Crippen LogP contribution in [0.15, 0.2) is 31.0 Å². The van der Waals surface area contributed by atoms with Crippen molar-refractivity contribution in [1.29, 1.82) is 0 Å². The third kappa shape index (κ3) is 2.09. The molecule has 0 atom stereocenters. The summed E-state index contributed by atoms with van der Waals surface area (Å²) in [6.45, 7) is 6.74. The Kier molecular flexibility index (Phi) is 3.62. The highest BCUT2D eigenvalue weighted by atomic mass is 32.1. The fourth-order valence-electron chi connectivity index (χ4n) is 1.76. The third-order valence-electron chi connectivity index (χ3n) is 2.70. The van der Waals surface area contributed by atoms with E-state index >= 15 is 0 Å². The highest BCUT2D eigenvalue weighted by Gasteiger charge is 2.20. The molecule has 0 unspecified atom stereocenters. The number of nitrogen functional groups attached to an aromatic ring is 1. The smallest absolute Gasteiger partial charge is 0.266 e. The lowest BCUT2D eigenvalue weighted by molar-refractivity contribution is 0.0788. The second kappa shape index (κ2) is 5.18. The number of carbonyl (C=O) groups excluding carboxylic acids is 1. The molecule has 18 heavy (non-hydrogen) atoms. The van der Waals surface area contributed by atoms with Crippen molar-refractivity contribution in [1.82, 2.24) is 9.88 Å². The number of anilines is 1. The zero-order valence-electron chi connectivity index (χ0n) is 10.2. The first-order valence-electron chi connectivity index (χ1n) is 5.72. The average molecular weight is 261 g/mol. The molecular formula is C13H15N3OS. The van der Waals surface area contributed by atoms with Gasteiger partial charge in [-0.1, -0.05) is 6.08 Å². The number of likely N-dealkylation sites (N-methyl/N-ethyl adjacent to an activating group) is 1. The van der Waals surface area contributed by atoms with E-state index in [1.54, 1.807) is 17.2 Å². The molecule has 0 aliphatic rings. The predicted octanol–water partition coefficient (Wildman–Crippen LogP) is 2.53. The normalized spacial score (nSPS) is 10.5. The first-order chi connectivity index (χ1) is 8.69. The number of rotatable bonds is 4. The molecule has 0 aliphatic carbocycles. The summed E-state index contributed by atoms with van der Waals surface area (Å²) >= 11 is 1.39. The maximum atomic E-state index is 12.3. The van der Waals surface area contributed by atoms with E-state index in [9.17, 15) is 4.79 Å². The molecule has 0 aliphatic heterocycles. The number of amides is 1. The van der Waals surface area contributed by atoms with Gasteiger partial charge in [-0.2, -0.15) is 0 Å². The highest BCUT2D eigenvalue weighted by molar-refractivity contribution is 7.21. The lowest BCUT2D eigenvalue weighted by Gasteiger charge is -2.18. The summed E-state index contributed by atoms with van der Waals surface area (Å²) < 4.78 is 0.938. The molecule has 2 N–H and O–H groups in total. The SMILES string of the molecule is C=CCN(CC)C(=O)c1sc2cccnc2c1N. The Morgan fingerprint density at radius 3 is 3.06 bits per heavy atom. The van der Waals surface area contributed by atoms with Crippen LogP contribution in [0.5, 0.6) is 0 Å². The molecule has 0 bridgehead atoms. The van der Waals surface area contributed by atoms with Gasteiger partial charge in [0.1, 0.15) is 10.4 Å². The molecule has 0 spiro atoms. The molecule has 1 amide bonds. The summed E-state index contributed by atoms with van der Waals surface area (Å²) in [6.07, 6.45) is 3.39. The zero-order chi connectivity index (χ0) is 13.1. The summed E-state index contributed by atoms with van der Waals surface area (Å²) in [7, 11) is 0. The van der Waals surface area contributed by atoms with E-state index in [-0.39, 0.29) is 5.91 Å². The summed E-state index contributed by atoms with van der Waals surface area (Å²) in [5, 5.41) is 0. The Bertz CT molecular complexity index is 591. The monoisotopic (exact) mass is 261 g/mol. The Balaban J connectivity index is 2.44. The topological polar surface area (TPSA) is 59.2 Å². The van der Waals surface area contributed by atoms with Gasteiger partial charge in [0.05, 0.1) is 10.4 Å². The maximum absolute atomic E-state index is 12.3. The number of pyridine rings is 1. The van der Waals surface area contributed by atoms with Crippen LogP contribution in [0.4, 0.5) is 5.69 Å². The van der Waals surface area contributed by atoms with Crippen molar-refractivity contribution in [3.05, 3.63) is 35.9 Å². The van der Waals surface area contributed by atoms with Crippen LogP contribution in [0.25, 0.3) is 10.2 Å². The Morgan fingerprint density at radius 2 is 2.44 bits per heavy atom. The van der Waals surface area contributed by atoms with Gasteiger partial charge in [-0.3, -0.25) is 9.78 Å². The average Bonchev–Trinajstić information content (AvgIpc) is 2.73. The van der Waals surface area contributed by atoms with Gasteiger partial charge in [0, 0.05) is 19.3 Å². The lowest BCUT2D eigenvalue weighted by Crippen LogP contribution is -2.30. The number of aromatic nitrogens is 1. The second-order valence-electron chi connectivity index (χ2n) is 3.83. The minimum absolute atomic E-state index is 0.0575. The van der Waals surface area contributed by atoms with Crippen molar-refractivity contribution in [3.8, 4) is 0 Å². The van der Waals surface area contributed by atoms with Crippen LogP contribution in [0.3, 0.4) is 0 Å². The van der Waals surface area contributed by atoms with Gasteiger partial charge in [0.25, 0.3) is 5.91 Å². The molecule has 2 heterocycles. The first-order valence-corrected chi connectivity index (χ1v) is 6.53. The Hall–Kier alpha value is -1.88. The molecule has 5 heteroatoms. The molecule has 2 aromatic rings. The number of nitrogens with two attached hydrogens (primary N) is 1. The van der Waals surface area contributed by atoms with Gasteiger partial charge in [0.2, 0.25) is 0 Å². The Labute approximate surface area is 110 Å². The van der Waals surface area contributed by atoms with E-state index in [0.717, 1.165) is 4.70 Å². The van der Waals surface area contributed by atoms with Gasteiger partial charge in [-0.25, -0.2) is 0 Å². The lowest BCUT2D eigenvalue weighted by atomic mass is 10.3. The van der Waals surface area contributed by atoms with Crippen molar-refractivity contribution in [2.45, 2.75) is 6.92 Å². The maximum Gasteiger partial charge on any atom is 0.266 e. The first kappa shape index (κ1) is 12.6. The standard InChI is InChI=1S/C13H15N3OS/c1-3-8-16(4-2)13(17)12-10(14)11-9(18-12)6-5-7-15-11/h3,5-7H,1,4,8,14H2,2H3. The summed E-state index contributed by atoms with van der Waals surface area (Å²) in [6, 6.07) is 3.76. The number of nitrogens with zero attached hydrogens (tertiary/aromatic N) is 2. The van der Waals surface area contributed by atoms with E-state index in [0.29, 0.717) is 29.2 Å². The predicted molar refractivity (Wildman–Crippen MR) is 75.8 cm³/mol. The number of carbonyl (C=O) groups is 1. The van der Waals surface area contributed by atoms with Crippen LogP contribution in [0.1, 0.15) is 16.6 Å². The summed E-state index contributed by atoms with van der Waals surface area (Å²) in [5.74, 6) is -0.0575. The number of fused-ring (bicyclic) bond motifs is 1. The molecular weight excluding hydrogens is 246 g/mol. The van der Waals surface area contributed by atoms with Crippen LogP contribution in [0.2, 0.25) is 0 Å². The molecule has 4 nitrogen and oxygen atoms in total. The van der Waals surface area contributed by atoms with Crippen LogP contribution < -0.4 is 5.73 Å². The Morgan fingerprint density at radius 1 is 1.67 bits per heavy atom. The molecule has 0 saturated carbocycles. The van der Waals surface area contributed by atoms with Crippen LogP contribution in [0, 0.1) is 0 Å². The van der Waals surface area contributed by atoms with Gasteiger partial charge in [-0.05, 0) is 19.1 Å². The van der Waals surface area contributed by atoms with Crippen molar-refractivity contribution >= 4 is 33.1 Å². The van der Waals surface area contributed by atoms with E-state index in [4.69, 9.17) is 5.73 Å². The number of hydrogen-bond donors (Lipinski definition) is 1. The summed E-state index contributed by atoms with van der Waals surface area (Å²) in [5.41, 5.74) is 7.19. The van der Waals surface area contributed by atoms with E-state index in [1.807, 2.05) is 19.1 Å². The molecule has 94 valence electrons. The molecule has 0 fully saturated rings. The highest BCUT2D eigenvalue weighted by Crippen LogP contribution is 2.32. The second-order valence-corrected chi connectivity index (χ2v) is 4.88. The minimum atomic E-state index is -0.0575. The fraction of sp³-hybridized carbons (Fsp3) is 0.231. The van der Waals surface area contributed by atoms with Crippen molar-refractivity contribution in [2.75, 3.05) is 18.8 Å². The molecule has 0 aromatic carbocycles.